The van der Waals surface area contributed by atoms with E-state index in [0.29, 0.717) is 15.6 Å². The maximum Gasteiger partial charge on any atom is 0.145 e. The van der Waals surface area contributed by atoms with Crippen molar-refractivity contribution in [2.75, 3.05) is 6.61 Å². The zero-order chi connectivity index (χ0) is 20.5. The molecule has 1 aliphatic heterocycles. The van der Waals surface area contributed by atoms with E-state index in [-0.39, 0.29) is 4.47 Å². The van der Waals surface area contributed by atoms with Crippen molar-refractivity contribution in [1.82, 2.24) is 20.0 Å². The fourth-order valence-corrected chi connectivity index (χ4v) is 5.25. The third kappa shape index (κ3) is 4.24. The average molecular weight is 503 g/mol. The predicted molar refractivity (Wildman–Crippen MR) is 108 cm³/mol. The largest absolute Gasteiger partial charge is 0.394 e. The van der Waals surface area contributed by atoms with Crippen LogP contribution in [0.1, 0.15) is 6.04 Å². The van der Waals surface area contributed by atoms with Gasteiger partial charge in [0.2, 0.25) is 0 Å². The molecule has 0 radical (unpaired) electrons. The molecular weight excluding hydrogens is 487 g/mol. The van der Waals surface area contributed by atoms with Crippen molar-refractivity contribution < 1.29 is 24.4 Å². The minimum atomic E-state index is -1.21. The Balaban J connectivity index is 1.61. The normalized spacial score (nSPS) is 27.3. The van der Waals surface area contributed by atoms with Gasteiger partial charge in [0.05, 0.1) is 17.3 Å². The molecule has 1 saturated heterocycles. The summed E-state index contributed by atoms with van der Waals surface area (Å²) in [5.74, 6) is -0.404. The number of aromatic nitrogens is 4. The number of hydrogen-bond donors (Lipinski definition) is 3. The zero-order valence-electron chi connectivity index (χ0n) is 14.7. The molecule has 1 aliphatic rings. The summed E-state index contributed by atoms with van der Waals surface area (Å²) >= 11 is 5.68. The first-order valence-corrected chi connectivity index (χ1v) is 11.1. The van der Waals surface area contributed by atoms with E-state index in [9.17, 15) is 19.7 Å². The number of thioether (sulfide) groups is 1. The van der Waals surface area contributed by atoms with Crippen LogP contribution in [0, 0.1) is 5.82 Å². The first-order valence-electron chi connectivity index (χ1n) is 8.54. The van der Waals surface area contributed by atoms with Crippen molar-refractivity contribution in [3.05, 3.63) is 46.3 Å². The lowest BCUT2D eigenvalue weighted by molar-refractivity contribution is -0.178. The summed E-state index contributed by atoms with van der Waals surface area (Å²) in [7, 11) is 0. The van der Waals surface area contributed by atoms with E-state index >= 15 is 0 Å². The van der Waals surface area contributed by atoms with Crippen molar-refractivity contribution in [3.63, 3.8) is 0 Å². The number of rotatable bonds is 5. The number of benzene rings is 1. The molecule has 3 aromatic rings. The van der Waals surface area contributed by atoms with Gasteiger partial charge in [0.1, 0.15) is 46.3 Å². The lowest BCUT2D eigenvalue weighted by Gasteiger charge is -2.41. The second kappa shape index (κ2) is 8.76. The molecule has 4 rings (SSSR count). The summed E-state index contributed by atoms with van der Waals surface area (Å²) in [6.07, 6.45) is -0.0827. The third-order valence-electron chi connectivity index (χ3n) is 4.46. The molecule has 29 heavy (non-hydrogen) atoms. The molecule has 1 aromatic carbocycles. The Kier molecular flexibility index (Phi) is 6.30. The quantitative estimate of drug-likeness (QED) is 0.485. The number of halogens is 2. The van der Waals surface area contributed by atoms with Gasteiger partial charge in [-0.05, 0) is 34.1 Å². The predicted octanol–water partition coefficient (Wildman–Crippen LogP) is 2.08. The summed E-state index contributed by atoms with van der Waals surface area (Å²) in [6.45, 7) is -0.442. The van der Waals surface area contributed by atoms with Crippen LogP contribution in [-0.4, -0.2) is 65.7 Å². The number of hydrogen-bond acceptors (Lipinski definition) is 9. The van der Waals surface area contributed by atoms with Gasteiger partial charge < -0.3 is 20.1 Å². The van der Waals surface area contributed by atoms with Crippen molar-refractivity contribution in [2.45, 2.75) is 34.7 Å². The van der Waals surface area contributed by atoms with Gasteiger partial charge in [-0.3, -0.25) is 0 Å². The number of aliphatic hydroxyl groups excluding tert-OH is 3. The van der Waals surface area contributed by atoms with Gasteiger partial charge in [0, 0.05) is 16.5 Å². The maximum absolute atomic E-state index is 13.5. The Labute approximate surface area is 181 Å². The number of thiazole rings is 1. The number of aliphatic hydroxyl groups is 3. The zero-order valence-corrected chi connectivity index (χ0v) is 17.9. The molecule has 0 bridgehead atoms. The van der Waals surface area contributed by atoms with E-state index < -0.39 is 42.2 Å². The molecule has 3 N–H and O–H groups in total. The van der Waals surface area contributed by atoms with Gasteiger partial charge >= 0.3 is 0 Å². The summed E-state index contributed by atoms with van der Waals surface area (Å²) in [6, 6.07) is 3.53. The van der Waals surface area contributed by atoms with Crippen LogP contribution in [0.15, 0.2) is 45.3 Å². The molecule has 0 aliphatic carbocycles. The highest BCUT2D eigenvalue weighted by molar-refractivity contribution is 9.10. The highest BCUT2D eigenvalue weighted by atomic mass is 79.9. The molecule has 0 amide bonds. The highest BCUT2D eigenvalue weighted by Gasteiger charge is 2.46. The molecule has 0 spiro atoms. The molecule has 1 fully saturated rings. The minimum absolute atomic E-state index is 0.285. The van der Waals surface area contributed by atoms with Gasteiger partial charge in [-0.15, -0.1) is 16.4 Å². The van der Waals surface area contributed by atoms with Crippen LogP contribution < -0.4 is 0 Å². The molecule has 5 atom stereocenters. The van der Waals surface area contributed by atoms with Crippen molar-refractivity contribution in [2.24, 2.45) is 0 Å². The lowest BCUT2D eigenvalue weighted by atomic mass is 9.97. The van der Waals surface area contributed by atoms with Gasteiger partial charge in [0.25, 0.3) is 0 Å². The number of nitrogens with zero attached hydrogens (tertiary/aromatic N) is 4. The Morgan fingerprint density at radius 2 is 2.14 bits per heavy atom. The SMILES string of the molecule is OCC1O[C@H](Sc2ccc(F)c(Br)c2)C(O)[C@@H](n2cc(-c3nccs3)nn2)[C@H]1O. The van der Waals surface area contributed by atoms with Crippen LogP contribution in [0.2, 0.25) is 0 Å². The molecule has 0 saturated carbocycles. The average Bonchev–Trinajstić information content (AvgIpc) is 3.39. The van der Waals surface area contributed by atoms with Crippen LogP contribution in [-0.2, 0) is 4.74 Å². The van der Waals surface area contributed by atoms with Crippen LogP contribution >= 0.6 is 39.0 Å². The van der Waals surface area contributed by atoms with Gasteiger partial charge in [-0.2, -0.15) is 0 Å². The topological polar surface area (TPSA) is 114 Å². The van der Waals surface area contributed by atoms with Crippen LogP contribution in [0.3, 0.4) is 0 Å². The van der Waals surface area contributed by atoms with E-state index in [1.807, 2.05) is 5.38 Å². The Bertz CT molecular complexity index is 976. The smallest absolute Gasteiger partial charge is 0.145 e. The van der Waals surface area contributed by atoms with E-state index in [1.54, 1.807) is 24.5 Å². The summed E-state index contributed by atoms with van der Waals surface area (Å²) in [5.41, 5.74) is -0.316. The van der Waals surface area contributed by atoms with E-state index in [4.69, 9.17) is 4.74 Å². The summed E-state index contributed by atoms with van der Waals surface area (Å²) < 4.78 is 20.8. The Hall–Kier alpha value is -1.41. The molecule has 8 nitrogen and oxygen atoms in total. The molecule has 154 valence electrons. The molecule has 2 aromatic heterocycles. The molecule has 3 heterocycles. The fourth-order valence-electron chi connectivity index (χ4n) is 3.03. The van der Waals surface area contributed by atoms with Crippen LogP contribution in [0.25, 0.3) is 10.7 Å². The molecule has 2 unspecified atom stereocenters. The molecular formula is C17H16BrFN4O4S2. The van der Waals surface area contributed by atoms with Crippen molar-refractivity contribution in [3.8, 4) is 10.7 Å². The van der Waals surface area contributed by atoms with Crippen molar-refractivity contribution >= 4 is 39.0 Å². The first kappa shape index (κ1) is 20.8. The maximum atomic E-state index is 13.5. The Morgan fingerprint density at radius 3 is 2.83 bits per heavy atom. The van der Waals surface area contributed by atoms with Gasteiger partial charge in [0.15, 0.2) is 0 Å². The number of ether oxygens (including phenoxy) is 1. The minimum Gasteiger partial charge on any atom is -0.394 e. The second-order valence-electron chi connectivity index (χ2n) is 6.31. The van der Waals surface area contributed by atoms with Crippen LogP contribution in [0.4, 0.5) is 4.39 Å². The standard InChI is InChI=1S/C17H16BrFN4O4S2/c18-9-5-8(1-2-10(9)19)29-17-15(26)13(14(25)12(7-24)27-17)23-6-11(21-22-23)16-20-3-4-28-16/h1-6,12-15,17,24-26H,7H2/t12?,13-,14-,15?,17+/m0/s1. The van der Waals surface area contributed by atoms with Crippen LogP contribution in [0.5, 0.6) is 0 Å². The van der Waals surface area contributed by atoms with Crippen molar-refractivity contribution in [1.29, 1.82) is 0 Å². The van der Waals surface area contributed by atoms with Gasteiger partial charge in [-0.1, -0.05) is 17.0 Å². The summed E-state index contributed by atoms with van der Waals surface area (Å²) in [4.78, 5) is 4.82. The first-order chi connectivity index (χ1) is 14.0. The molecule has 12 heteroatoms. The third-order valence-corrected chi connectivity index (χ3v) is 7.01. The highest BCUT2D eigenvalue weighted by Crippen LogP contribution is 2.39. The second-order valence-corrected chi connectivity index (χ2v) is 9.23. The van der Waals surface area contributed by atoms with E-state index in [0.717, 1.165) is 11.8 Å². The monoisotopic (exact) mass is 502 g/mol. The van der Waals surface area contributed by atoms with E-state index in [1.165, 1.54) is 22.1 Å². The summed E-state index contributed by atoms with van der Waals surface area (Å²) in [5, 5.41) is 41.8. The fraction of sp³-hybridized carbons (Fsp3) is 0.353. The van der Waals surface area contributed by atoms with E-state index in [2.05, 4.69) is 31.2 Å². The van der Waals surface area contributed by atoms with Gasteiger partial charge in [-0.25, -0.2) is 14.1 Å². The Morgan fingerprint density at radius 1 is 1.31 bits per heavy atom. The lowest BCUT2D eigenvalue weighted by Crippen LogP contribution is -2.55.